The predicted molar refractivity (Wildman–Crippen MR) is 135 cm³/mol. The molecule has 10 heteroatoms. The second kappa shape index (κ2) is 11.3. The van der Waals surface area contributed by atoms with Crippen LogP contribution in [0.1, 0.15) is 53.1 Å². The van der Waals surface area contributed by atoms with Crippen LogP contribution in [0.2, 0.25) is 0 Å². The van der Waals surface area contributed by atoms with Crippen LogP contribution in [0.25, 0.3) is 0 Å². The summed E-state index contributed by atoms with van der Waals surface area (Å²) in [5.74, 6) is -0.920. The third kappa shape index (κ3) is 6.34. The standard InChI is InChI=1S/C26H38FN5O4/c1-7-31-20(16-30-13-14-32(17(3)15-30)25(35)29-26(4,5)6)21(23(33)36-8-2)22(28-24(31)34)18-9-11-19(27)12-10-18/h9-12,17,22H,7-8,13-16H2,1-6H3,(H,28,34)(H,29,35)/t17-,22-/m1/s1. The van der Waals surface area contributed by atoms with Crippen LogP contribution < -0.4 is 10.6 Å². The molecule has 2 aliphatic heterocycles. The van der Waals surface area contributed by atoms with Gasteiger partial charge in [-0.1, -0.05) is 12.1 Å². The third-order valence-corrected chi connectivity index (χ3v) is 6.28. The van der Waals surface area contributed by atoms with Gasteiger partial charge in [-0.3, -0.25) is 9.80 Å². The zero-order valence-corrected chi connectivity index (χ0v) is 22.1. The molecular formula is C26H38FN5O4. The lowest BCUT2D eigenvalue weighted by Gasteiger charge is -2.43. The van der Waals surface area contributed by atoms with Crippen molar-refractivity contribution >= 4 is 18.0 Å². The van der Waals surface area contributed by atoms with Crippen molar-refractivity contribution in [1.29, 1.82) is 0 Å². The Morgan fingerprint density at radius 2 is 1.83 bits per heavy atom. The van der Waals surface area contributed by atoms with Crippen LogP contribution in [0.15, 0.2) is 35.5 Å². The molecule has 1 aromatic carbocycles. The molecule has 9 nitrogen and oxygen atoms in total. The minimum Gasteiger partial charge on any atom is -0.463 e. The minimum atomic E-state index is -0.758. The fraction of sp³-hybridized carbons (Fsp3) is 0.577. The molecule has 0 aliphatic carbocycles. The Morgan fingerprint density at radius 1 is 1.17 bits per heavy atom. The van der Waals surface area contributed by atoms with Gasteiger partial charge in [-0.05, 0) is 59.2 Å². The van der Waals surface area contributed by atoms with Crippen molar-refractivity contribution in [2.24, 2.45) is 0 Å². The highest BCUT2D eigenvalue weighted by Gasteiger charge is 2.39. The largest absolute Gasteiger partial charge is 0.463 e. The van der Waals surface area contributed by atoms with Gasteiger partial charge in [-0.25, -0.2) is 18.8 Å². The highest BCUT2D eigenvalue weighted by molar-refractivity contribution is 5.95. The number of halogens is 1. The molecule has 36 heavy (non-hydrogen) atoms. The number of esters is 1. The van der Waals surface area contributed by atoms with E-state index in [2.05, 4.69) is 15.5 Å². The van der Waals surface area contributed by atoms with Crippen molar-refractivity contribution in [2.75, 3.05) is 39.3 Å². The molecule has 1 fully saturated rings. The Kier molecular flexibility index (Phi) is 8.60. The molecule has 4 amide bonds. The summed E-state index contributed by atoms with van der Waals surface area (Å²) in [6, 6.07) is 4.48. The molecule has 0 radical (unpaired) electrons. The number of carbonyl (C=O) groups is 3. The molecular weight excluding hydrogens is 465 g/mol. The van der Waals surface area contributed by atoms with Crippen LogP contribution in [0.5, 0.6) is 0 Å². The van der Waals surface area contributed by atoms with E-state index in [4.69, 9.17) is 4.74 Å². The second-order valence-corrected chi connectivity index (χ2v) is 10.2. The summed E-state index contributed by atoms with van der Waals surface area (Å²) in [6.45, 7) is 14.0. The minimum absolute atomic E-state index is 0.0619. The number of nitrogens with one attached hydrogen (secondary N) is 2. The number of rotatable bonds is 6. The van der Waals surface area contributed by atoms with E-state index in [-0.39, 0.29) is 30.2 Å². The number of ether oxygens (including phenoxy) is 1. The first kappa shape index (κ1) is 27.4. The first-order chi connectivity index (χ1) is 16.9. The molecule has 2 atom stereocenters. The fourth-order valence-electron chi connectivity index (χ4n) is 4.65. The Morgan fingerprint density at radius 3 is 2.39 bits per heavy atom. The first-order valence-corrected chi connectivity index (χ1v) is 12.5. The lowest BCUT2D eigenvalue weighted by Crippen LogP contribution is -2.59. The van der Waals surface area contributed by atoms with Crippen molar-refractivity contribution in [1.82, 2.24) is 25.3 Å². The number of benzene rings is 1. The topological polar surface area (TPSA) is 94.2 Å². The molecule has 3 rings (SSSR count). The van der Waals surface area contributed by atoms with E-state index in [0.717, 1.165) is 0 Å². The maximum absolute atomic E-state index is 13.6. The normalized spacial score (nSPS) is 21.4. The summed E-state index contributed by atoms with van der Waals surface area (Å²) in [5, 5.41) is 5.90. The highest BCUT2D eigenvalue weighted by Crippen LogP contribution is 2.32. The van der Waals surface area contributed by atoms with Gasteiger partial charge < -0.3 is 20.3 Å². The smallest absolute Gasteiger partial charge is 0.338 e. The summed E-state index contributed by atoms with van der Waals surface area (Å²) in [7, 11) is 0. The van der Waals surface area contributed by atoms with E-state index in [1.807, 2.05) is 39.5 Å². The molecule has 0 bridgehead atoms. The molecule has 1 saturated heterocycles. The maximum Gasteiger partial charge on any atom is 0.338 e. The van der Waals surface area contributed by atoms with Crippen LogP contribution in [0, 0.1) is 5.82 Å². The molecule has 2 heterocycles. The van der Waals surface area contributed by atoms with E-state index in [9.17, 15) is 18.8 Å². The zero-order chi connectivity index (χ0) is 26.6. The molecule has 198 valence electrons. The number of amides is 4. The average Bonchev–Trinajstić information content (AvgIpc) is 2.78. The van der Waals surface area contributed by atoms with Gasteiger partial charge in [0.05, 0.1) is 18.2 Å². The molecule has 0 saturated carbocycles. The monoisotopic (exact) mass is 503 g/mol. The summed E-state index contributed by atoms with van der Waals surface area (Å²) in [4.78, 5) is 44.5. The van der Waals surface area contributed by atoms with Gasteiger partial charge in [-0.2, -0.15) is 0 Å². The van der Waals surface area contributed by atoms with Crippen molar-refractivity contribution in [3.05, 3.63) is 46.9 Å². The van der Waals surface area contributed by atoms with Crippen LogP contribution >= 0.6 is 0 Å². The highest BCUT2D eigenvalue weighted by atomic mass is 19.1. The number of nitrogens with zero attached hydrogens (tertiary/aromatic N) is 3. The van der Waals surface area contributed by atoms with Gasteiger partial charge in [0, 0.05) is 50.0 Å². The Hall–Kier alpha value is -3.14. The van der Waals surface area contributed by atoms with E-state index in [0.29, 0.717) is 49.6 Å². The third-order valence-electron chi connectivity index (χ3n) is 6.28. The summed E-state index contributed by atoms with van der Waals surface area (Å²) in [5.41, 5.74) is 1.16. The van der Waals surface area contributed by atoms with E-state index in [1.54, 1.807) is 24.0 Å². The zero-order valence-electron chi connectivity index (χ0n) is 22.1. The Bertz CT molecular complexity index is 1000. The molecule has 0 aromatic heterocycles. The van der Waals surface area contributed by atoms with E-state index < -0.39 is 17.8 Å². The predicted octanol–water partition coefficient (Wildman–Crippen LogP) is 3.24. The summed E-state index contributed by atoms with van der Waals surface area (Å²) >= 11 is 0. The summed E-state index contributed by atoms with van der Waals surface area (Å²) < 4.78 is 19.0. The number of urea groups is 2. The van der Waals surface area contributed by atoms with Crippen molar-refractivity contribution < 1.29 is 23.5 Å². The lowest BCUT2D eigenvalue weighted by atomic mass is 9.94. The lowest BCUT2D eigenvalue weighted by molar-refractivity contribution is -0.139. The number of hydrogen-bond donors (Lipinski definition) is 2. The number of hydrogen-bond acceptors (Lipinski definition) is 5. The van der Waals surface area contributed by atoms with Gasteiger partial charge in [-0.15, -0.1) is 0 Å². The summed E-state index contributed by atoms with van der Waals surface area (Å²) in [6.07, 6.45) is 0. The number of carbonyl (C=O) groups excluding carboxylic acids is 3. The maximum atomic E-state index is 13.6. The van der Waals surface area contributed by atoms with Gasteiger partial charge in [0.1, 0.15) is 5.82 Å². The van der Waals surface area contributed by atoms with Crippen LogP contribution in [-0.2, 0) is 9.53 Å². The number of piperazine rings is 1. The van der Waals surface area contributed by atoms with Gasteiger partial charge in [0.2, 0.25) is 0 Å². The average molecular weight is 504 g/mol. The fourth-order valence-corrected chi connectivity index (χ4v) is 4.65. The molecule has 0 unspecified atom stereocenters. The van der Waals surface area contributed by atoms with Crippen LogP contribution in [0.3, 0.4) is 0 Å². The van der Waals surface area contributed by atoms with Crippen molar-refractivity contribution in [3.8, 4) is 0 Å². The van der Waals surface area contributed by atoms with Crippen molar-refractivity contribution in [3.63, 3.8) is 0 Å². The van der Waals surface area contributed by atoms with Gasteiger partial charge >= 0.3 is 18.0 Å². The van der Waals surface area contributed by atoms with Crippen LogP contribution in [-0.4, -0.2) is 83.6 Å². The molecule has 2 aliphatic rings. The van der Waals surface area contributed by atoms with Crippen LogP contribution in [0.4, 0.5) is 14.0 Å². The van der Waals surface area contributed by atoms with E-state index in [1.165, 1.54) is 12.1 Å². The van der Waals surface area contributed by atoms with E-state index >= 15 is 0 Å². The van der Waals surface area contributed by atoms with Gasteiger partial charge in [0.25, 0.3) is 0 Å². The Labute approximate surface area is 212 Å². The SMILES string of the molecule is CCOC(=O)C1=C(CN2CCN(C(=O)NC(C)(C)C)[C@H](C)C2)N(CC)C(=O)N[C@@H]1c1ccc(F)cc1. The Balaban J connectivity index is 1.92. The second-order valence-electron chi connectivity index (χ2n) is 10.2. The first-order valence-electron chi connectivity index (χ1n) is 12.5. The number of likely N-dealkylation sites (N-methyl/N-ethyl adjacent to an activating group) is 1. The molecule has 0 spiro atoms. The van der Waals surface area contributed by atoms with Crippen molar-refractivity contribution in [2.45, 2.75) is 59.2 Å². The quantitative estimate of drug-likeness (QED) is 0.582. The van der Waals surface area contributed by atoms with Gasteiger partial charge in [0.15, 0.2) is 0 Å². The molecule has 1 aromatic rings. The molecule has 2 N–H and O–H groups in total.